The van der Waals surface area contributed by atoms with Crippen LogP contribution in [0, 0.1) is 11.8 Å². The van der Waals surface area contributed by atoms with Crippen LogP contribution in [-0.2, 0) is 4.79 Å². The first-order valence-corrected chi connectivity index (χ1v) is 11.2. The van der Waals surface area contributed by atoms with Crippen LogP contribution in [0.3, 0.4) is 0 Å². The largest absolute Gasteiger partial charge is 0.342 e. The summed E-state index contributed by atoms with van der Waals surface area (Å²) < 4.78 is 0. The third-order valence-electron chi connectivity index (χ3n) is 6.83. The zero-order valence-corrected chi connectivity index (χ0v) is 17.8. The molecular weight excluding hydrogens is 356 g/mol. The topological polar surface area (TPSA) is 23.6 Å². The lowest BCUT2D eigenvalue weighted by molar-refractivity contribution is -0.133. The number of nitrogens with zero attached hydrogens (tertiary/aromatic N) is 2. The van der Waals surface area contributed by atoms with E-state index in [0.717, 1.165) is 32.7 Å². The van der Waals surface area contributed by atoms with E-state index in [9.17, 15) is 4.79 Å². The summed E-state index contributed by atoms with van der Waals surface area (Å²) in [6.07, 6.45) is 2.47. The molecule has 2 atom stereocenters. The Morgan fingerprint density at radius 3 is 2.07 bits per heavy atom. The summed E-state index contributed by atoms with van der Waals surface area (Å²) in [5.74, 6) is 2.04. The number of benzene rings is 2. The van der Waals surface area contributed by atoms with Gasteiger partial charge in [-0.2, -0.15) is 0 Å². The Morgan fingerprint density at radius 1 is 0.897 bits per heavy atom. The number of carbonyl (C=O) groups excluding carboxylic acids is 1. The highest BCUT2D eigenvalue weighted by Gasteiger charge is 2.38. The fourth-order valence-electron chi connectivity index (χ4n) is 5.18. The number of amides is 1. The third kappa shape index (κ3) is 4.72. The minimum atomic E-state index is 0.0757. The van der Waals surface area contributed by atoms with Crippen molar-refractivity contribution in [2.75, 3.05) is 32.7 Å². The van der Waals surface area contributed by atoms with E-state index in [4.69, 9.17) is 0 Å². The SMILES string of the molecule is CC(C)C(=O)N1CC(CN2CCC(c3ccccc3)CC2)C(c2ccccc2)C1. The average Bonchev–Trinajstić information content (AvgIpc) is 3.18. The highest BCUT2D eigenvalue weighted by molar-refractivity contribution is 5.78. The van der Waals surface area contributed by atoms with E-state index in [1.54, 1.807) is 0 Å². The predicted molar refractivity (Wildman–Crippen MR) is 119 cm³/mol. The normalized spacial score (nSPS) is 23.6. The molecule has 2 saturated heterocycles. The fraction of sp³-hybridized carbons (Fsp3) is 0.500. The molecule has 0 spiro atoms. The summed E-state index contributed by atoms with van der Waals surface area (Å²) in [6, 6.07) is 21.8. The Hall–Kier alpha value is -2.13. The number of rotatable bonds is 5. The van der Waals surface area contributed by atoms with Crippen LogP contribution in [0.5, 0.6) is 0 Å². The lowest BCUT2D eigenvalue weighted by Gasteiger charge is -2.34. The number of hydrogen-bond acceptors (Lipinski definition) is 2. The maximum Gasteiger partial charge on any atom is 0.225 e. The summed E-state index contributed by atoms with van der Waals surface area (Å²) >= 11 is 0. The van der Waals surface area contributed by atoms with Gasteiger partial charge in [0.15, 0.2) is 0 Å². The molecule has 0 N–H and O–H groups in total. The van der Waals surface area contributed by atoms with Crippen molar-refractivity contribution < 1.29 is 4.79 Å². The Kier molecular flexibility index (Phi) is 6.34. The molecule has 2 fully saturated rings. The Balaban J connectivity index is 1.41. The van der Waals surface area contributed by atoms with E-state index in [1.165, 1.54) is 24.0 Å². The Bertz CT molecular complexity index is 781. The molecule has 2 unspecified atom stereocenters. The smallest absolute Gasteiger partial charge is 0.225 e. The first kappa shape index (κ1) is 20.2. The van der Waals surface area contributed by atoms with Crippen LogP contribution >= 0.6 is 0 Å². The summed E-state index contributed by atoms with van der Waals surface area (Å²) in [4.78, 5) is 17.4. The Morgan fingerprint density at radius 2 is 1.48 bits per heavy atom. The van der Waals surface area contributed by atoms with Gasteiger partial charge >= 0.3 is 0 Å². The minimum Gasteiger partial charge on any atom is -0.342 e. The van der Waals surface area contributed by atoms with E-state index >= 15 is 0 Å². The molecule has 2 aromatic rings. The average molecular weight is 391 g/mol. The standard InChI is InChI=1S/C26H34N2O/c1-20(2)26(29)28-18-24(25(19-28)23-11-7-4-8-12-23)17-27-15-13-22(14-16-27)21-9-5-3-6-10-21/h3-12,20,22,24-25H,13-19H2,1-2H3. The zero-order valence-electron chi connectivity index (χ0n) is 17.8. The fourth-order valence-corrected chi connectivity index (χ4v) is 5.18. The molecule has 0 radical (unpaired) electrons. The maximum atomic E-state index is 12.7. The summed E-state index contributed by atoms with van der Waals surface area (Å²) in [7, 11) is 0. The van der Waals surface area contributed by atoms with Crippen molar-refractivity contribution in [3.8, 4) is 0 Å². The van der Waals surface area contributed by atoms with Gasteiger partial charge in [-0.15, -0.1) is 0 Å². The van der Waals surface area contributed by atoms with E-state index < -0.39 is 0 Å². The van der Waals surface area contributed by atoms with Gasteiger partial charge in [-0.05, 0) is 48.9 Å². The molecular formula is C26H34N2O. The van der Waals surface area contributed by atoms with Crippen LogP contribution in [0.15, 0.2) is 60.7 Å². The van der Waals surface area contributed by atoms with E-state index in [1.807, 2.05) is 13.8 Å². The number of piperidine rings is 1. The van der Waals surface area contributed by atoms with Gasteiger partial charge in [0.2, 0.25) is 5.91 Å². The molecule has 0 aromatic heterocycles. The molecule has 0 aliphatic carbocycles. The molecule has 2 aliphatic rings. The highest BCUT2D eigenvalue weighted by Crippen LogP contribution is 2.35. The lowest BCUT2D eigenvalue weighted by Crippen LogP contribution is -2.39. The van der Waals surface area contributed by atoms with Crippen molar-refractivity contribution in [1.29, 1.82) is 0 Å². The second-order valence-electron chi connectivity index (χ2n) is 9.16. The van der Waals surface area contributed by atoms with Crippen molar-refractivity contribution >= 4 is 5.91 Å². The van der Waals surface area contributed by atoms with E-state index in [-0.39, 0.29) is 5.92 Å². The van der Waals surface area contributed by atoms with Crippen LogP contribution in [-0.4, -0.2) is 48.4 Å². The first-order chi connectivity index (χ1) is 14.1. The highest BCUT2D eigenvalue weighted by atomic mass is 16.2. The molecule has 0 saturated carbocycles. The number of hydrogen-bond donors (Lipinski definition) is 0. The molecule has 154 valence electrons. The number of likely N-dealkylation sites (tertiary alicyclic amines) is 2. The second-order valence-corrected chi connectivity index (χ2v) is 9.16. The molecule has 4 rings (SSSR count). The van der Waals surface area contributed by atoms with E-state index in [2.05, 4.69) is 70.5 Å². The van der Waals surface area contributed by atoms with Crippen molar-refractivity contribution in [3.63, 3.8) is 0 Å². The van der Waals surface area contributed by atoms with Gasteiger partial charge in [-0.25, -0.2) is 0 Å². The summed E-state index contributed by atoms with van der Waals surface area (Å²) in [6.45, 7) is 9.22. The van der Waals surface area contributed by atoms with Crippen LogP contribution in [0.4, 0.5) is 0 Å². The van der Waals surface area contributed by atoms with Crippen LogP contribution in [0.1, 0.15) is 49.7 Å². The van der Waals surface area contributed by atoms with Crippen molar-refractivity contribution in [1.82, 2.24) is 9.80 Å². The monoisotopic (exact) mass is 390 g/mol. The second kappa shape index (κ2) is 9.13. The van der Waals surface area contributed by atoms with Gasteiger partial charge in [0, 0.05) is 31.5 Å². The maximum absolute atomic E-state index is 12.7. The quantitative estimate of drug-likeness (QED) is 0.735. The lowest BCUT2D eigenvalue weighted by atomic mass is 9.86. The van der Waals surface area contributed by atoms with Gasteiger partial charge in [0.25, 0.3) is 0 Å². The van der Waals surface area contributed by atoms with Gasteiger partial charge in [0.1, 0.15) is 0 Å². The summed E-state index contributed by atoms with van der Waals surface area (Å²) in [5.41, 5.74) is 2.87. The number of carbonyl (C=O) groups is 1. The van der Waals surface area contributed by atoms with Gasteiger partial charge in [0.05, 0.1) is 0 Å². The summed E-state index contributed by atoms with van der Waals surface area (Å²) in [5, 5.41) is 0. The molecule has 1 amide bonds. The van der Waals surface area contributed by atoms with Crippen LogP contribution in [0.2, 0.25) is 0 Å². The van der Waals surface area contributed by atoms with Gasteiger partial charge in [-0.1, -0.05) is 74.5 Å². The van der Waals surface area contributed by atoms with Crippen molar-refractivity contribution in [2.45, 2.75) is 38.5 Å². The van der Waals surface area contributed by atoms with Crippen LogP contribution < -0.4 is 0 Å². The van der Waals surface area contributed by atoms with Gasteiger partial charge in [-0.3, -0.25) is 4.79 Å². The molecule has 0 bridgehead atoms. The molecule has 3 nitrogen and oxygen atoms in total. The minimum absolute atomic E-state index is 0.0757. The molecule has 3 heteroatoms. The molecule has 29 heavy (non-hydrogen) atoms. The predicted octanol–water partition coefficient (Wildman–Crippen LogP) is 4.76. The molecule has 2 aliphatic heterocycles. The molecule has 2 aromatic carbocycles. The van der Waals surface area contributed by atoms with Crippen LogP contribution in [0.25, 0.3) is 0 Å². The van der Waals surface area contributed by atoms with Crippen molar-refractivity contribution in [3.05, 3.63) is 71.8 Å². The molecule has 2 heterocycles. The zero-order chi connectivity index (χ0) is 20.2. The Labute approximate surface area is 175 Å². The third-order valence-corrected chi connectivity index (χ3v) is 6.83. The van der Waals surface area contributed by atoms with Gasteiger partial charge < -0.3 is 9.80 Å². The van der Waals surface area contributed by atoms with E-state index in [0.29, 0.717) is 23.7 Å². The van der Waals surface area contributed by atoms with Crippen molar-refractivity contribution in [2.24, 2.45) is 11.8 Å². The first-order valence-electron chi connectivity index (χ1n) is 11.2.